The highest BCUT2D eigenvalue weighted by Crippen LogP contribution is 2.16. The van der Waals surface area contributed by atoms with Gasteiger partial charge in [0.25, 0.3) is 0 Å². The Hall–Kier alpha value is -1.90. The molecule has 1 aromatic rings. The summed E-state index contributed by atoms with van der Waals surface area (Å²) in [5.41, 5.74) is 7.40. The van der Waals surface area contributed by atoms with Crippen molar-refractivity contribution in [3.05, 3.63) is 36.2 Å². The lowest BCUT2D eigenvalue weighted by Gasteiger charge is -2.02. The summed E-state index contributed by atoms with van der Waals surface area (Å²) in [6.45, 7) is 7.00. The van der Waals surface area contributed by atoms with Crippen molar-refractivity contribution < 1.29 is 0 Å². The van der Waals surface area contributed by atoms with Gasteiger partial charge in [-0.05, 0) is 24.4 Å². The maximum atomic E-state index is 5.64. The predicted octanol–water partition coefficient (Wildman–Crippen LogP) is 1.98. The molecule has 0 spiro atoms. The summed E-state index contributed by atoms with van der Waals surface area (Å²) in [7, 11) is 0. The third kappa shape index (κ3) is 2.02. The van der Waals surface area contributed by atoms with Crippen LogP contribution < -0.4 is 5.73 Å². The molecule has 0 aromatic carbocycles. The number of aliphatic imine (C=N–C) groups is 1. The zero-order valence-corrected chi connectivity index (χ0v) is 7.27. The molecule has 0 saturated carbocycles. The second-order valence-corrected chi connectivity index (χ2v) is 2.40. The molecule has 0 aliphatic carbocycles. The van der Waals surface area contributed by atoms with Gasteiger partial charge in [-0.15, -0.1) is 0 Å². The second kappa shape index (κ2) is 4.21. The molecule has 1 heterocycles. The highest BCUT2D eigenvalue weighted by Gasteiger charge is 1.99. The van der Waals surface area contributed by atoms with Crippen LogP contribution in [0.25, 0.3) is 12.2 Å². The van der Waals surface area contributed by atoms with Crippen LogP contribution in [0, 0.1) is 0 Å². The summed E-state index contributed by atoms with van der Waals surface area (Å²) in [4.78, 5) is 7.56. The first-order valence-electron chi connectivity index (χ1n) is 3.79. The van der Waals surface area contributed by atoms with Gasteiger partial charge in [0.1, 0.15) is 5.82 Å². The normalized spacial score (nSPS) is 10.2. The summed E-state index contributed by atoms with van der Waals surface area (Å²) < 4.78 is 0. The van der Waals surface area contributed by atoms with Crippen LogP contribution in [0.2, 0.25) is 0 Å². The van der Waals surface area contributed by atoms with Gasteiger partial charge in [-0.25, -0.2) is 4.98 Å². The minimum absolute atomic E-state index is 0.473. The van der Waals surface area contributed by atoms with Crippen LogP contribution in [0.4, 0.5) is 5.82 Å². The molecule has 0 aliphatic heterocycles. The Balaban J connectivity index is 3.19. The molecule has 0 fully saturated rings. The number of hydrogen-bond donors (Lipinski definition) is 1. The minimum atomic E-state index is 0.473. The molecule has 0 saturated heterocycles. The Bertz CT molecular complexity index is 353. The zero-order valence-electron chi connectivity index (χ0n) is 7.27. The maximum Gasteiger partial charge on any atom is 0.131 e. The van der Waals surface area contributed by atoms with E-state index in [2.05, 4.69) is 23.3 Å². The lowest BCUT2D eigenvalue weighted by molar-refractivity contribution is 1.32. The molecule has 1 aromatic heterocycles. The molecule has 0 bridgehead atoms. The van der Waals surface area contributed by atoms with E-state index in [9.17, 15) is 0 Å². The van der Waals surface area contributed by atoms with E-state index in [4.69, 9.17) is 5.73 Å². The third-order valence-corrected chi connectivity index (χ3v) is 1.62. The maximum absolute atomic E-state index is 5.64. The quantitative estimate of drug-likeness (QED) is 0.710. The van der Waals surface area contributed by atoms with Crippen molar-refractivity contribution in [2.75, 3.05) is 5.73 Å². The molecule has 0 amide bonds. The molecule has 0 aliphatic rings. The average Bonchev–Trinajstić information content (AvgIpc) is 2.15. The average molecular weight is 173 g/mol. The molecule has 13 heavy (non-hydrogen) atoms. The van der Waals surface area contributed by atoms with E-state index in [1.54, 1.807) is 18.5 Å². The Morgan fingerprint density at radius 3 is 2.92 bits per heavy atom. The molecule has 3 nitrogen and oxygen atoms in total. The zero-order chi connectivity index (χ0) is 9.68. The summed E-state index contributed by atoms with van der Waals surface area (Å²) in [6, 6.07) is 1.84. The molecule has 2 N–H and O–H groups in total. The SMILES string of the molecule is C=Cc1c(/C=C/N=C)ccnc1N. The lowest BCUT2D eigenvalue weighted by atomic mass is 10.1. The van der Waals surface area contributed by atoms with Crippen molar-refractivity contribution in [3.8, 4) is 0 Å². The van der Waals surface area contributed by atoms with Crippen LogP contribution in [0.1, 0.15) is 11.1 Å². The van der Waals surface area contributed by atoms with Crippen molar-refractivity contribution in [3.63, 3.8) is 0 Å². The van der Waals surface area contributed by atoms with Gasteiger partial charge in [-0.1, -0.05) is 12.7 Å². The molecular formula is C10H11N3. The van der Waals surface area contributed by atoms with E-state index in [1.165, 1.54) is 0 Å². The van der Waals surface area contributed by atoms with Crippen LogP contribution >= 0.6 is 0 Å². The van der Waals surface area contributed by atoms with E-state index >= 15 is 0 Å². The number of anilines is 1. The van der Waals surface area contributed by atoms with Gasteiger partial charge >= 0.3 is 0 Å². The number of hydrogen-bond acceptors (Lipinski definition) is 3. The van der Waals surface area contributed by atoms with Crippen molar-refractivity contribution >= 4 is 24.7 Å². The number of pyridine rings is 1. The van der Waals surface area contributed by atoms with Crippen LogP contribution in [-0.4, -0.2) is 11.7 Å². The van der Waals surface area contributed by atoms with Crippen molar-refractivity contribution in [1.29, 1.82) is 0 Å². The predicted molar refractivity (Wildman–Crippen MR) is 57.3 cm³/mol. The second-order valence-electron chi connectivity index (χ2n) is 2.40. The lowest BCUT2D eigenvalue weighted by Crippen LogP contribution is -1.94. The Morgan fingerprint density at radius 2 is 2.31 bits per heavy atom. The van der Waals surface area contributed by atoms with Crippen LogP contribution in [0.3, 0.4) is 0 Å². The molecule has 1 rings (SSSR count). The number of nitrogens with two attached hydrogens (primary N) is 1. The van der Waals surface area contributed by atoms with Crippen LogP contribution in [0.15, 0.2) is 30.0 Å². The fourth-order valence-electron chi connectivity index (χ4n) is 1.01. The number of nitrogen functional groups attached to an aromatic ring is 1. The van der Waals surface area contributed by atoms with E-state index < -0.39 is 0 Å². The third-order valence-electron chi connectivity index (χ3n) is 1.62. The van der Waals surface area contributed by atoms with E-state index in [0.29, 0.717) is 5.82 Å². The Morgan fingerprint density at radius 1 is 1.54 bits per heavy atom. The first-order valence-corrected chi connectivity index (χ1v) is 3.79. The van der Waals surface area contributed by atoms with Gasteiger partial charge in [0.15, 0.2) is 0 Å². The molecular weight excluding hydrogens is 162 g/mol. The monoisotopic (exact) mass is 173 g/mol. The van der Waals surface area contributed by atoms with Crippen molar-refractivity contribution in [2.24, 2.45) is 4.99 Å². The summed E-state index contributed by atoms with van der Waals surface area (Å²) in [5.74, 6) is 0.473. The largest absolute Gasteiger partial charge is 0.383 e. The fraction of sp³-hybridized carbons (Fsp3) is 0. The van der Waals surface area contributed by atoms with E-state index in [0.717, 1.165) is 11.1 Å². The van der Waals surface area contributed by atoms with Gasteiger partial charge in [-0.2, -0.15) is 0 Å². The number of aromatic nitrogens is 1. The highest BCUT2D eigenvalue weighted by molar-refractivity contribution is 5.71. The van der Waals surface area contributed by atoms with Gasteiger partial charge in [0, 0.05) is 18.0 Å². The van der Waals surface area contributed by atoms with E-state index in [-0.39, 0.29) is 0 Å². The number of nitrogens with zero attached hydrogens (tertiary/aromatic N) is 2. The van der Waals surface area contributed by atoms with Crippen molar-refractivity contribution in [2.45, 2.75) is 0 Å². The van der Waals surface area contributed by atoms with Crippen molar-refractivity contribution in [1.82, 2.24) is 4.98 Å². The standard InChI is InChI=1S/C10H11N3/c1-3-9-8(4-6-12-2)5-7-13-10(9)11/h3-7H,1-2H2,(H2,11,13)/b6-4+. The van der Waals surface area contributed by atoms with Gasteiger partial charge in [0.2, 0.25) is 0 Å². The van der Waals surface area contributed by atoms with E-state index in [1.807, 2.05) is 12.1 Å². The Labute approximate surface area is 77.3 Å². The van der Waals surface area contributed by atoms with Gasteiger partial charge in [-0.3, -0.25) is 4.99 Å². The molecule has 0 radical (unpaired) electrons. The topological polar surface area (TPSA) is 51.3 Å². The molecule has 0 unspecified atom stereocenters. The smallest absolute Gasteiger partial charge is 0.131 e. The van der Waals surface area contributed by atoms with Crippen LogP contribution in [0.5, 0.6) is 0 Å². The molecule has 3 heteroatoms. The Kier molecular flexibility index (Phi) is 2.97. The first-order chi connectivity index (χ1) is 6.29. The highest BCUT2D eigenvalue weighted by atomic mass is 14.8. The van der Waals surface area contributed by atoms with Gasteiger partial charge in [0.05, 0.1) is 0 Å². The fourth-order valence-corrected chi connectivity index (χ4v) is 1.01. The summed E-state index contributed by atoms with van der Waals surface area (Å²) >= 11 is 0. The number of rotatable bonds is 3. The summed E-state index contributed by atoms with van der Waals surface area (Å²) in [5, 5.41) is 0. The summed E-state index contributed by atoms with van der Waals surface area (Å²) in [6.07, 6.45) is 6.72. The first kappa shape index (κ1) is 9.19. The minimum Gasteiger partial charge on any atom is -0.383 e. The van der Waals surface area contributed by atoms with Crippen LogP contribution in [-0.2, 0) is 0 Å². The molecule has 66 valence electrons. The molecule has 0 atom stereocenters. The van der Waals surface area contributed by atoms with Gasteiger partial charge < -0.3 is 5.73 Å².